The Morgan fingerprint density at radius 2 is 2.22 bits per heavy atom. The van der Waals surface area contributed by atoms with E-state index in [-0.39, 0.29) is 38.8 Å². The van der Waals surface area contributed by atoms with Crippen molar-refractivity contribution in [3.05, 3.63) is 13.8 Å². The number of carbonyl (C=O) groups excluding carboxylic acids is 1. The Morgan fingerprint density at radius 1 is 1.78 bits per heavy atom. The topological polar surface area (TPSA) is 20.3 Å². The number of aldehydes is 1. The molecule has 0 aliphatic heterocycles. The van der Waals surface area contributed by atoms with Gasteiger partial charge in [0.2, 0.25) is 0 Å². The molecule has 2 nitrogen and oxygen atoms in total. The van der Waals surface area contributed by atoms with Crippen LogP contribution in [0.5, 0.6) is 0 Å². The fourth-order valence-corrected chi connectivity index (χ4v) is 0.270. The average Bonchev–Trinajstić information content (AvgIpc) is 1.84. The van der Waals surface area contributed by atoms with Gasteiger partial charge in [0.15, 0.2) is 0 Å². The maximum atomic E-state index is 9.97. The quantitative estimate of drug-likeness (QED) is 0.479. The summed E-state index contributed by atoms with van der Waals surface area (Å²) in [4.78, 5) is 11.7. The molecule has 3 heteroatoms. The monoisotopic (exact) mass is 202 g/mol. The SMILES string of the molecule is [CH2-]CN(C)C([CH2-])C=O.[Y]. The second-order valence-electron chi connectivity index (χ2n) is 1.68. The molecular formula is C6H11NOY-2. The Kier molecular flexibility index (Phi) is 9.45. The molecule has 9 heavy (non-hydrogen) atoms. The molecule has 0 rings (SSSR count). The van der Waals surface area contributed by atoms with Crippen molar-refractivity contribution in [1.82, 2.24) is 4.90 Å². The Labute approximate surface area is 81.9 Å². The summed E-state index contributed by atoms with van der Waals surface area (Å²) in [6.07, 6.45) is 0.797. The van der Waals surface area contributed by atoms with Crippen LogP contribution in [0.2, 0.25) is 0 Å². The maximum absolute atomic E-state index is 9.97. The third-order valence-corrected chi connectivity index (χ3v) is 1.08. The number of nitrogens with zero attached hydrogens (tertiary/aromatic N) is 1. The molecule has 0 N–H and O–H groups in total. The van der Waals surface area contributed by atoms with Gasteiger partial charge in [0.05, 0.1) is 0 Å². The predicted molar refractivity (Wildman–Crippen MR) is 33.2 cm³/mol. The summed E-state index contributed by atoms with van der Waals surface area (Å²) < 4.78 is 0. The molecule has 0 aromatic rings. The van der Waals surface area contributed by atoms with Crippen molar-refractivity contribution in [3.63, 3.8) is 0 Å². The molecule has 1 unspecified atom stereocenters. The van der Waals surface area contributed by atoms with Gasteiger partial charge in [-0.3, -0.25) is 0 Å². The fourth-order valence-electron chi connectivity index (χ4n) is 0.270. The van der Waals surface area contributed by atoms with Gasteiger partial charge in [-0.1, -0.05) is 6.04 Å². The van der Waals surface area contributed by atoms with E-state index in [9.17, 15) is 4.79 Å². The summed E-state index contributed by atoms with van der Waals surface area (Å²) in [6, 6.07) is -0.243. The minimum absolute atomic E-state index is 0. The Balaban J connectivity index is 0. The minimum atomic E-state index is -0.243. The second-order valence-corrected chi connectivity index (χ2v) is 1.68. The van der Waals surface area contributed by atoms with Gasteiger partial charge >= 0.3 is 0 Å². The van der Waals surface area contributed by atoms with Gasteiger partial charge in [-0.2, -0.15) is 0 Å². The van der Waals surface area contributed by atoms with Gasteiger partial charge < -0.3 is 23.5 Å². The van der Waals surface area contributed by atoms with Crippen molar-refractivity contribution in [2.75, 3.05) is 13.6 Å². The second kappa shape index (κ2) is 6.85. The summed E-state index contributed by atoms with van der Waals surface area (Å²) >= 11 is 0. The molecule has 0 aliphatic carbocycles. The summed E-state index contributed by atoms with van der Waals surface area (Å²) in [5.74, 6) is 0. The van der Waals surface area contributed by atoms with E-state index < -0.39 is 0 Å². The van der Waals surface area contributed by atoms with Crippen LogP contribution in [0.25, 0.3) is 0 Å². The van der Waals surface area contributed by atoms with Gasteiger partial charge in [-0.25, -0.2) is 0 Å². The number of hydrogen-bond acceptors (Lipinski definition) is 2. The van der Waals surface area contributed by atoms with Gasteiger partial charge in [-0.05, 0) is 7.05 Å². The zero-order valence-electron chi connectivity index (χ0n) is 5.71. The van der Waals surface area contributed by atoms with Gasteiger partial charge in [-0.15, -0.1) is 6.54 Å². The molecule has 1 atom stereocenters. The Bertz CT molecular complexity index is 77.5. The van der Waals surface area contributed by atoms with Crippen LogP contribution < -0.4 is 0 Å². The predicted octanol–water partition coefficient (Wildman–Crippen LogP) is 0.151. The van der Waals surface area contributed by atoms with Crippen molar-refractivity contribution >= 4 is 6.29 Å². The summed E-state index contributed by atoms with van der Waals surface area (Å²) in [6.45, 7) is 7.74. The number of rotatable bonds is 3. The van der Waals surface area contributed by atoms with E-state index in [1.165, 1.54) is 0 Å². The van der Waals surface area contributed by atoms with E-state index in [0.29, 0.717) is 6.54 Å². The summed E-state index contributed by atoms with van der Waals surface area (Å²) in [7, 11) is 1.80. The van der Waals surface area contributed by atoms with Crippen LogP contribution in [0.1, 0.15) is 0 Å². The van der Waals surface area contributed by atoms with E-state index in [1.54, 1.807) is 11.9 Å². The van der Waals surface area contributed by atoms with Crippen LogP contribution in [-0.2, 0) is 37.5 Å². The van der Waals surface area contributed by atoms with Crippen molar-refractivity contribution in [2.45, 2.75) is 6.04 Å². The first kappa shape index (κ1) is 12.4. The van der Waals surface area contributed by atoms with Crippen molar-refractivity contribution < 1.29 is 37.5 Å². The van der Waals surface area contributed by atoms with Crippen LogP contribution in [-0.4, -0.2) is 30.8 Å². The molecule has 1 radical (unpaired) electrons. The molecular weight excluding hydrogens is 191 g/mol. The van der Waals surface area contributed by atoms with Crippen molar-refractivity contribution in [3.8, 4) is 0 Å². The van der Waals surface area contributed by atoms with E-state index >= 15 is 0 Å². The molecule has 0 amide bonds. The molecule has 0 spiro atoms. The van der Waals surface area contributed by atoms with E-state index in [1.807, 2.05) is 0 Å². The van der Waals surface area contributed by atoms with Crippen molar-refractivity contribution in [1.29, 1.82) is 0 Å². The third kappa shape index (κ3) is 5.19. The standard InChI is InChI=1S/C6H11NO.Y/c1-4-7(3)6(2)5-8;/h5-6H,1-2,4H2,3H3;/q-2;. The Morgan fingerprint density at radius 3 is 2.33 bits per heavy atom. The first-order valence-corrected chi connectivity index (χ1v) is 2.50. The van der Waals surface area contributed by atoms with Crippen LogP contribution in [0.15, 0.2) is 0 Å². The zero-order chi connectivity index (χ0) is 6.57. The largest absolute Gasteiger partial charge is 0.356 e. The Hall–Kier alpha value is 0.734. The van der Waals surface area contributed by atoms with Gasteiger partial charge in [0.25, 0.3) is 0 Å². The molecule has 0 heterocycles. The molecule has 51 valence electrons. The molecule has 0 saturated heterocycles. The summed E-state index contributed by atoms with van der Waals surface area (Å²) in [5.41, 5.74) is 0. The van der Waals surface area contributed by atoms with Crippen LogP contribution >= 0.6 is 0 Å². The van der Waals surface area contributed by atoms with E-state index in [0.717, 1.165) is 6.29 Å². The maximum Gasteiger partial charge on any atom is 0.106 e. The minimum Gasteiger partial charge on any atom is -0.356 e. The number of carbonyl (C=O) groups is 1. The first-order chi connectivity index (χ1) is 3.72. The number of hydrogen-bond donors (Lipinski definition) is 0. The molecule has 0 saturated carbocycles. The molecule has 0 aromatic carbocycles. The molecule has 0 fully saturated rings. The van der Waals surface area contributed by atoms with E-state index in [2.05, 4.69) is 13.8 Å². The smallest absolute Gasteiger partial charge is 0.106 e. The molecule has 0 bridgehead atoms. The van der Waals surface area contributed by atoms with Crippen LogP contribution in [0, 0.1) is 13.8 Å². The third-order valence-electron chi connectivity index (χ3n) is 1.08. The van der Waals surface area contributed by atoms with Crippen LogP contribution in [0.3, 0.4) is 0 Å². The average molecular weight is 202 g/mol. The van der Waals surface area contributed by atoms with E-state index in [4.69, 9.17) is 0 Å². The normalized spacial score (nSPS) is 12.4. The fraction of sp³-hybridized carbons (Fsp3) is 0.500. The van der Waals surface area contributed by atoms with Crippen molar-refractivity contribution in [2.24, 2.45) is 0 Å². The number of likely N-dealkylation sites (N-methyl/N-ethyl adjacent to an activating group) is 1. The first-order valence-electron chi connectivity index (χ1n) is 2.50. The van der Waals surface area contributed by atoms with Crippen LogP contribution in [0.4, 0.5) is 0 Å². The molecule has 0 aromatic heterocycles. The molecule has 0 aliphatic rings. The zero-order valence-corrected chi connectivity index (χ0v) is 8.55. The van der Waals surface area contributed by atoms with Gasteiger partial charge in [0.1, 0.15) is 6.29 Å². The van der Waals surface area contributed by atoms with Gasteiger partial charge in [0, 0.05) is 32.7 Å². The summed E-state index contributed by atoms with van der Waals surface area (Å²) in [5, 5.41) is 0.